The van der Waals surface area contributed by atoms with Gasteiger partial charge in [-0.1, -0.05) is 6.42 Å². The van der Waals surface area contributed by atoms with Gasteiger partial charge in [-0.05, 0) is 44.0 Å². The van der Waals surface area contributed by atoms with Crippen LogP contribution in [-0.2, 0) is 0 Å². The summed E-state index contributed by atoms with van der Waals surface area (Å²) in [5.74, 6) is -0.562. The van der Waals surface area contributed by atoms with E-state index in [-0.39, 0.29) is 17.6 Å². The van der Waals surface area contributed by atoms with Crippen LogP contribution < -0.4 is 16.2 Å². The van der Waals surface area contributed by atoms with Crippen LogP contribution in [0, 0.1) is 11.7 Å². The third kappa shape index (κ3) is 3.23. The standard InChI is InChI=1S/C14H19FN2O2/c15-10-5-6-13(11(7-10)14(17)18)19-12-4-2-1-3-9(12)8-16/h5-7,9,12H,1-4,8,16H2,(H2,17,18). The van der Waals surface area contributed by atoms with Gasteiger partial charge in [0.25, 0.3) is 5.91 Å². The monoisotopic (exact) mass is 266 g/mol. The summed E-state index contributed by atoms with van der Waals surface area (Å²) in [7, 11) is 0. The van der Waals surface area contributed by atoms with E-state index in [0.717, 1.165) is 31.7 Å². The molecule has 1 aromatic rings. The lowest BCUT2D eigenvalue weighted by molar-refractivity contribution is 0.0906. The van der Waals surface area contributed by atoms with E-state index in [1.54, 1.807) is 0 Å². The van der Waals surface area contributed by atoms with E-state index in [1.165, 1.54) is 12.1 Å². The van der Waals surface area contributed by atoms with Crippen LogP contribution in [0.5, 0.6) is 5.75 Å². The number of carbonyl (C=O) groups excluding carboxylic acids is 1. The predicted octanol–water partition coefficient (Wildman–Crippen LogP) is 1.82. The van der Waals surface area contributed by atoms with Crippen molar-refractivity contribution in [2.24, 2.45) is 17.4 Å². The van der Waals surface area contributed by atoms with E-state index in [9.17, 15) is 9.18 Å². The fourth-order valence-electron chi connectivity index (χ4n) is 2.56. The Bertz CT molecular complexity index is 465. The van der Waals surface area contributed by atoms with Gasteiger partial charge in [-0.25, -0.2) is 4.39 Å². The molecule has 4 N–H and O–H groups in total. The Hall–Kier alpha value is -1.62. The Kier molecular flexibility index (Phi) is 4.37. The maximum Gasteiger partial charge on any atom is 0.252 e. The molecule has 0 aromatic heterocycles. The highest BCUT2D eigenvalue weighted by Gasteiger charge is 2.26. The molecule has 2 unspecified atom stereocenters. The second kappa shape index (κ2) is 6.02. The summed E-state index contributed by atoms with van der Waals surface area (Å²) in [5.41, 5.74) is 11.1. The molecular formula is C14H19FN2O2. The van der Waals surface area contributed by atoms with Crippen LogP contribution in [0.1, 0.15) is 36.0 Å². The number of nitrogens with two attached hydrogens (primary N) is 2. The summed E-state index contributed by atoms with van der Waals surface area (Å²) in [4.78, 5) is 11.3. The molecule has 1 aliphatic rings. The highest BCUT2D eigenvalue weighted by atomic mass is 19.1. The molecule has 1 amide bonds. The molecule has 0 spiro atoms. The zero-order valence-corrected chi connectivity index (χ0v) is 10.8. The molecule has 5 heteroatoms. The third-order valence-electron chi connectivity index (χ3n) is 3.63. The summed E-state index contributed by atoms with van der Waals surface area (Å²) in [6, 6.07) is 3.83. The van der Waals surface area contributed by atoms with Crippen LogP contribution in [0.3, 0.4) is 0 Å². The Morgan fingerprint density at radius 3 is 2.79 bits per heavy atom. The number of benzene rings is 1. The summed E-state index contributed by atoms with van der Waals surface area (Å²) in [6.45, 7) is 0.553. The number of primary amides is 1. The molecule has 0 heterocycles. The highest BCUT2D eigenvalue weighted by Crippen LogP contribution is 2.29. The first-order chi connectivity index (χ1) is 9.11. The van der Waals surface area contributed by atoms with Gasteiger partial charge in [0.1, 0.15) is 17.7 Å². The number of ether oxygens (including phenoxy) is 1. The van der Waals surface area contributed by atoms with Crippen LogP contribution in [0.25, 0.3) is 0 Å². The normalized spacial score (nSPS) is 23.1. The number of rotatable bonds is 4. The van der Waals surface area contributed by atoms with Crippen LogP contribution in [0.4, 0.5) is 4.39 Å². The quantitative estimate of drug-likeness (QED) is 0.872. The SMILES string of the molecule is NCC1CCCCC1Oc1ccc(F)cc1C(N)=O. The fraction of sp³-hybridized carbons (Fsp3) is 0.500. The first-order valence-corrected chi connectivity index (χ1v) is 6.58. The zero-order chi connectivity index (χ0) is 13.8. The maximum absolute atomic E-state index is 13.1. The van der Waals surface area contributed by atoms with Crippen molar-refractivity contribution in [3.8, 4) is 5.75 Å². The minimum absolute atomic E-state index is 0.0256. The van der Waals surface area contributed by atoms with Gasteiger partial charge in [-0.3, -0.25) is 4.79 Å². The maximum atomic E-state index is 13.1. The van der Waals surface area contributed by atoms with Crippen LogP contribution in [-0.4, -0.2) is 18.6 Å². The van der Waals surface area contributed by atoms with E-state index in [2.05, 4.69) is 0 Å². The van der Waals surface area contributed by atoms with Crippen molar-refractivity contribution in [3.63, 3.8) is 0 Å². The average Bonchev–Trinajstić information content (AvgIpc) is 2.41. The molecule has 1 aliphatic carbocycles. The lowest BCUT2D eigenvalue weighted by Crippen LogP contribution is -2.35. The van der Waals surface area contributed by atoms with Gasteiger partial charge in [0.05, 0.1) is 5.56 Å². The Morgan fingerprint density at radius 2 is 2.11 bits per heavy atom. The Balaban J connectivity index is 2.20. The van der Waals surface area contributed by atoms with Gasteiger partial charge in [0.2, 0.25) is 0 Å². The molecule has 0 saturated heterocycles. The minimum Gasteiger partial charge on any atom is -0.489 e. The number of carbonyl (C=O) groups is 1. The van der Waals surface area contributed by atoms with Crippen LogP contribution in [0.2, 0.25) is 0 Å². The fourth-order valence-corrected chi connectivity index (χ4v) is 2.56. The van der Waals surface area contributed by atoms with Gasteiger partial charge in [0.15, 0.2) is 0 Å². The lowest BCUT2D eigenvalue weighted by atomic mass is 9.86. The lowest BCUT2D eigenvalue weighted by Gasteiger charge is -2.31. The van der Waals surface area contributed by atoms with E-state index in [0.29, 0.717) is 12.3 Å². The van der Waals surface area contributed by atoms with Crippen molar-refractivity contribution >= 4 is 5.91 Å². The second-order valence-corrected chi connectivity index (χ2v) is 4.94. The molecule has 1 fully saturated rings. The van der Waals surface area contributed by atoms with Crippen molar-refractivity contribution in [2.45, 2.75) is 31.8 Å². The van der Waals surface area contributed by atoms with E-state index < -0.39 is 11.7 Å². The molecule has 2 atom stereocenters. The topological polar surface area (TPSA) is 78.3 Å². The van der Waals surface area contributed by atoms with Gasteiger partial charge in [-0.15, -0.1) is 0 Å². The summed E-state index contributed by atoms with van der Waals surface area (Å²) < 4.78 is 19.0. The van der Waals surface area contributed by atoms with E-state index in [4.69, 9.17) is 16.2 Å². The van der Waals surface area contributed by atoms with Gasteiger partial charge < -0.3 is 16.2 Å². The van der Waals surface area contributed by atoms with Crippen LogP contribution >= 0.6 is 0 Å². The largest absolute Gasteiger partial charge is 0.489 e. The number of hydrogen-bond donors (Lipinski definition) is 2. The van der Waals surface area contributed by atoms with Crippen molar-refractivity contribution < 1.29 is 13.9 Å². The smallest absolute Gasteiger partial charge is 0.252 e. The molecular weight excluding hydrogens is 247 g/mol. The van der Waals surface area contributed by atoms with E-state index >= 15 is 0 Å². The highest BCUT2D eigenvalue weighted by molar-refractivity contribution is 5.95. The van der Waals surface area contributed by atoms with Crippen LogP contribution in [0.15, 0.2) is 18.2 Å². The van der Waals surface area contributed by atoms with Gasteiger partial charge >= 0.3 is 0 Å². The first-order valence-electron chi connectivity index (χ1n) is 6.58. The molecule has 2 rings (SSSR count). The molecule has 104 valence electrons. The Morgan fingerprint density at radius 1 is 1.37 bits per heavy atom. The number of halogens is 1. The molecule has 1 saturated carbocycles. The third-order valence-corrected chi connectivity index (χ3v) is 3.63. The van der Waals surface area contributed by atoms with Crippen molar-refractivity contribution in [1.82, 2.24) is 0 Å². The minimum atomic E-state index is -0.686. The molecule has 0 aliphatic heterocycles. The molecule has 19 heavy (non-hydrogen) atoms. The molecule has 4 nitrogen and oxygen atoms in total. The van der Waals surface area contributed by atoms with Crippen molar-refractivity contribution in [3.05, 3.63) is 29.6 Å². The van der Waals surface area contributed by atoms with Gasteiger partial charge in [-0.2, -0.15) is 0 Å². The first kappa shape index (κ1) is 13.8. The summed E-state index contributed by atoms with van der Waals surface area (Å²) in [5, 5.41) is 0. The summed E-state index contributed by atoms with van der Waals surface area (Å²) in [6.07, 6.45) is 4.12. The second-order valence-electron chi connectivity index (χ2n) is 4.94. The molecule has 1 aromatic carbocycles. The number of amides is 1. The average molecular weight is 266 g/mol. The number of hydrogen-bond acceptors (Lipinski definition) is 3. The zero-order valence-electron chi connectivity index (χ0n) is 10.8. The van der Waals surface area contributed by atoms with Crippen molar-refractivity contribution in [2.75, 3.05) is 6.54 Å². The van der Waals surface area contributed by atoms with Crippen molar-refractivity contribution in [1.29, 1.82) is 0 Å². The Labute approximate surface area is 111 Å². The molecule has 0 bridgehead atoms. The van der Waals surface area contributed by atoms with E-state index in [1.807, 2.05) is 0 Å². The predicted molar refractivity (Wildman–Crippen MR) is 70.3 cm³/mol. The van der Waals surface area contributed by atoms with Gasteiger partial charge in [0, 0.05) is 5.92 Å². The molecule has 0 radical (unpaired) electrons. The summed E-state index contributed by atoms with van der Waals surface area (Å²) >= 11 is 0.